The number of benzene rings is 1. The van der Waals surface area contributed by atoms with Crippen LogP contribution in [0, 0.1) is 0 Å². The summed E-state index contributed by atoms with van der Waals surface area (Å²) < 4.78 is 17.6. The van der Waals surface area contributed by atoms with E-state index in [0.717, 1.165) is 19.6 Å². The van der Waals surface area contributed by atoms with Gasteiger partial charge in [-0.2, -0.15) is 0 Å². The second kappa shape index (κ2) is 9.57. The average molecular weight is 339 g/mol. The highest BCUT2D eigenvalue weighted by atomic mass is 28.4. The maximum atomic E-state index is 6.13. The Labute approximate surface area is 143 Å². The Morgan fingerprint density at radius 1 is 1.04 bits per heavy atom. The van der Waals surface area contributed by atoms with Crippen LogP contribution in [0.15, 0.2) is 30.3 Å². The second-order valence-electron chi connectivity index (χ2n) is 7.64. The molecule has 132 valence electrons. The Bertz CT molecular complexity index is 426. The fraction of sp³-hybridized carbons (Fsp3) is 0.684. The van der Waals surface area contributed by atoms with Gasteiger partial charge in [-0.15, -0.1) is 0 Å². The number of ether oxygens (including phenoxy) is 2. The molecule has 0 aliphatic carbocycles. The molecule has 1 aromatic carbocycles. The van der Waals surface area contributed by atoms with Gasteiger partial charge in [0.2, 0.25) is 0 Å². The highest BCUT2D eigenvalue weighted by Gasteiger charge is 2.36. The summed E-state index contributed by atoms with van der Waals surface area (Å²) in [6.07, 6.45) is 1.05. The van der Waals surface area contributed by atoms with Crippen molar-refractivity contribution >= 4 is 8.32 Å². The lowest BCUT2D eigenvalue weighted by Gasteiger charge is -2.36. The lowest BCUT2D eigenvalue weighted by atomic mass is 10.2. The van der Waals surface area contributed by atoms with E-state index in [-0.39, 0.29) is 11.1 Å². The van der Waals surface area contributed by atoms with Crippen LogP contribution in [0.3, 0.4) is 0 Å². The minimum atomic E-state index is -1.62. The van der Waals surface area contributed by atoms with E-state index in [1.165, 1.54) is 5.56 Å². The van der Waals surface area contributed by atoms with Crippen LogP contribution in [0.5, 0.6) is 0 Å². The Morgan fingerprint density at radius 3 is 2.30 bits per heavy atom. The highest BCUT2D eigenvalue weighted by molar-refractivity contribution is 6.74. The molecule has 1 aromatic rings. The summed E-state index contributed by atoms with van der Waals surface area (Å²) in [7, 11) is -1.62. The van der Waals surface area contributed by atoms with Gasteiger partial charge in [0, 0.05) is 13.2 Å². The van der Waals surface area contributed by atoms with Gasteiger partial charge in [0.1, 0.15) is 0 Å². The van der Waals surface area contributed by atoms with Gasteiger partial charge in [-0.3, -0.25) is 0 Å². The van der Waals surface area contributed by atoms with Gasteiger partial charge in [0.25, 0.3) is 0 Å². The molecule has 1 atom stereocenters. The summed E-state index contributed by atoms with van der Waals surface area (Å²) in [5.74, 6) is 0. The molecule has 3 nitrogen and oxygen atoms in total. The zero-order valence-corrected chi connectivity index (χ0v) is 16.7. The molecule has 0 N–H and O–H groups in total. The highest BCUT2D eigenvalue weighted by Crippen LogP contribution is 2.36. The normalized spacial score (nSPS) is 14.0. The summed E-state index contributed by atoms with van der Waals surface area (Å²) >= 11 is 0. The van der Waals surface area contributed by atoms with Crippen LogP contribution in [-0.4, -0.2) is 34.2 Å². The van der Waals surface area contributed by atoms with Crippen molar-refractivity contribution in [2.45, 2.75) is 65.0 Å². The third kappa shape index (κ3) is 8.11. The summed E-state index contributed by atoms with van der Waals surface area (Å²) in [6.45, 7) is 16.2. The van der Waals surface area contributed by atoms with Crippen LogP contribution in [0.4, 0.5) is 0 Å². The minimum Gasteiger partial charge on any atom is -0.417 e. The van der Waals surface area contributed by atoms with Gasteiger partial charge in [-0.1, -0.05) is 51.1 Å². The van der Waals surface area contributed by atoms with Crippen molar-refractivity contribution in [3.8, 4) is 0 Å². The summed E-state index contributed by atoms with van der Waals surface area (Å²) in [6, 6.07) is 10.2. The first-order chi connectivity index (χ1) is 10.7. The summed E-state index contributed by atoms with van der Waals surface area (Å²) in [5.41, 5.74) is 1.20. The zero-order chi connectivity index (χ0) is 17.3. The molecule has 0 heterocycles. The first-order valence-electron chi connectivity index (χ1n) is 8.59. The van der Waals surface area contributed by atoms with Crippen molar-refractivity contribution in [1.29, 1.82) is 0 Å². The lowest BCUT2D eigenvalue weighted by Crippen LogP contribution is -2.41. The molecular formula is C19H34O3Si. The minimum absolute atomic E-state index is 0.108. The van der Waals surface area contributed by atoms with Crippen LogP contribution >= 0.6 is 0 Å². The van der Waals surface area contributed by atoms with Gasteiger partial charge in [0.05, 0.1) is 19.3 Å². The Hall–Kier alpha value is -0.683. The van der Waals surface area contributed by atoms with Crippen molar-refractivity contribution in [3.63, 3.8) is 0 Å². The average Bonchev–Trinajstić information content (AvgIpc) is 2.48. The zero-order valence-electron chi connectivity index (χ0n) is 15.7. The maximum Gasteiger partial charge on any atom is 0.191 e. The van der Waals surface area contributed by atoms with Crippen LogP contribution < -0.4 is 0 Å². The molecule has 0 fully saturated rings. The number of rotatable bonds is 10. The second-order valence-corrected chi connectivity index (χ2v) is 12.5. The van der Waals surface area contributed by atoms with Gasteiger partial charge in [-0.25, -0.2) is 0 Å². The molecule has 23 heavy (non-hydrogen) atoms. The smallest absolute Gasteiger partial charge is 0.191 e. The van der Waals surface area contributed by atoms with E-state index in [1.807, 2.05) is 18.2 Å². The molecule has 0 saturated heterocycles. The fourth-order valence-corrected chi connectivity index (χ4v) is 2.90. The van der Waals surface area contributed by atoms with Crippen LogP contribution in [-0.2, 0) is 20.5 Å². The quantitative estimate of drug-likeness (QED) is 0.443. The van der Waals surface area contributed by atoms with Crippen LogP contribution in [0.2, 0.25) is 18.1 Å². The maximum absolute atomic E-state index is 6.13. The molecule has 0 bridgehead atoms. The fourth-order valence-electron chi connectivity index (χ4n) is 1.81. The Kier molecular flexibility index (Phi) is 8.48. The van der Waals surface area contributed by atoms with Crippen LogP contribution in [0.25, 0.3) is 0 Å². The van der Waals surface area contributed by atoms with E-state index in [0.29, 0.717) is 13.2 Å². The van der Waals surface area contributed by atoms with E-state index < -0.39 is 8.32 Å². The van der Waals surface area contributed by atoms with E-state index >= 15 is 0 Å². The molecule has 0 amide bonds. The van der Waals surface area contributed by atoms with Gasteiger partial charge in [-0.05, 0) is 37.0 Å². The summed E-state index contributed by atoms with van der Waals surface area (Å²) in [4.78, 5) is 0. The first kappa shape index (κ1) is 20.4. The molecule has 0 aliphatic heterocycles. The van der Waals surface area contributed by atoms with Crippen molar-refractivity contribution in [2.75, 3.05) is 19.8 Å². The molecule has 0 saturated carbocycles. The predicted octanol–water partition coefficient (Wildman–Crippen LogP) is 5.02. The standard InChI is InChI=1S/C19H34O3Si/c1-17(21-16-18-11-8-7-9-12-18)15-20-13-10-14-22-23(5,6)19(2,3)4/h7-9,11-12,17H,10,13-16H2,1-6H3. The molecular weight excluding hydrogens is 304 g/mol. The molecule has 4 heteroatoms. The predicted molar refractivity (Wildman–Crippen MR) is 99.3 cm³/mol. The third-order valence-corrected chi connectivity index (χ3v) is 8.97. The van der Waals surface area contributed by atoms with Crippen molar-refractivity contribution in [3.05, 3.63) is 35.9 Å². The summed E-state index contributed by atoms with van der Waals surface area (Å²) in [5, 5.41) is 0.271. The third-order valence-electron chi connectivity index (χ3n) is 4.43. The van der Waals surface area contributed by atoms with Crippen molar-refractivity contribution < 1.29 is 13.9 Å². The van der Waals surface area contributed by atoms with Gasteiger partial charge in [0.15, 0.2) is 8.32 Å². The number of hydrogen-bond donors (Lipinski definition) is 0. The molecule has 0 spiro atoms. The molecule has 0 aromatic heterocycles. The largest absolute Gasteiger partial charge is 0.417 e. The Balaban J connectivity index is 2.06. The van der Waals surface area contributed by atoms with Gasteiger partial charge >= 0.3 is 0 Å². The lowest BCUT2D eigenvalue weighted by molar-refractivity contribution is -0.0168. The van der Waals surface area contributed by atoms with Crippen molar-refractivity contribution in [2.24, 2.45) is 0 Å². The number of hydrogen-bond acceptors (Lipinski definition) is 3. The van der Waals surface area contributed by atoms with Crippen molar-refractivity contribution in [1.82, 2.24) is 0 Å². The van der Waals surface area contributed by atoms with Crippen LogP contribution in [0.1, 0.15) is 39.7 Å². The first-order valence-corrected chi connectivity index (χ1v) is 11.5. The van der Waals surface area contributed by atoms with E-state index in [9.17, 15) is 0 Å². The molecule has 0 radical (unpaired) electrons. The van der Waals surface area contributed by atoms with E-state index in [2.05, 4.69) is 52.9 Å². The van der Waals surface area contributed by atoms with E-state index in [1.54, 1.807) is 0 Å². The Morgan fingerprint density at radius 2 is 1.70 bits per heavy atom. The van der Waals surface area contributed by atoms with Gasteiger partial charge < -0.3 is 13.9 Å². The molecule has 1 unspecified atom stereocenters. The van der Waals surface area contributed by atoms with E-state index in [4.69, 9.17) is 13.9 Å². The topological polar surface area (TPSA) is 27.7 Å². The monoisotopic (exact) mass is 338 g/mol. The molecule has 1 rings (SSSR count). The SMILES string of the molecule is CC(COCCCO[Si](C)(C)C(C)(C)C)OCc1ccccc1. The molecule has 0 aliphatic rings.